The van der Waals surface area contributed by atoms with Gasteiger partial charge in [-0.2, -0.15) is 5.10 Å². The van der Waals surface area contributed by atoms with E-state index < -0.39 is 0 Å². The normalized spacial score (nSPS) is 10.7. The van der Waals surface area contributed by atoms with Gasteiger partial charge >= 0.3 is 0 Å². The van der Waals surface area contributed by atoms with E-state index in [0.29, 0.717) is 5.76 Å². The first-order valence-electron chi connectivity index (χ1n) is 7.27. The van der Waals surface area contributed by atoms with Crippen molar-refractivity contribution < 1.29 is 14.0 Å². The highest BCUT2D eigenvalue weighted by molar-refractivity contribution is 5.94. The molecule has 2 rings (SSSR count). The minimum atomic E-state index is -0.330. The molecule has 23 heavy (non-hydrogen) atoms. The molecule has 0 fully saturated rings. The molecule has 0 radical (unpaired) electrons. The van der Waals surface area contributed by atoms with E-state index in [1.807, 2.05) is 32.0 Å². The van der Waals surface area contributed by atoms with Gasteiger partial charge in [0.2, 0.25) is 11.8 Å². The molecule has 6 nitrogen and oxygen atoms in total. The molecule has 1 aromatic carbocycles. The largest absolute Gasteiger partial charge is 0.463 e. The lowest BCUT2D eigenvalue weighted by atomic mass is 10.1. The molecule has 2 N–H and O–H groups in total. The molecular weight excluding hydrogens is 294 g/mol. The van der Waals surface area contributed by atoms with Crippen molar-refractivity contribution in [1.29, 1.82) is 0 Å². The average Bonchev–Trinajstić information content (AvgIpc) is 3.02. The number of furan rings is 1. The molecule has 0 aliphatic rings. The standard InChI is InChI=1S/C17H19N3O3/c1-12-5-6-13(2)15(10-12)19-16(21)7-8-17(22)20-18-11-14-4-3-9-23-14/h3-6,9-11H,7-8H2,1-2H3,(H,19,21)(H,20,22). The molecule has 1 heterocycles. The fourth-order valence-corrected chi connectivity index (χ4v) is 1.90. The Hall–Kier alpha value is -2.89. The molecule has 1 aromatic heterocycles. The van der Waals surface area contributed by atoms with Gasteiger partial charge in [-0.05, 0) is 43.2 Å². The number of carbonyl (C=O) groups excluding carboxylic acids is 2. The number of nitrogens with zero attached hydrogens (tertiary/aromatic N) is 1. The first-order chi connectivity index (χ1) is 11.0. The van der Waals surface area contributed by atoms with Crippen LogP contribution in [0.1, 0.15) is 29.7 Å². The second-order valence-corrected chi connectivity index (χ2v) is 5.18. The quantitative estimate of drug-likeness (QED) is 0.635. The highest BCUT2D eigenvalue weighted by Gasteiger charge is 2.08. The maximum Gasteiger partial charge on any atom is 0.240 e. The first-order valence-corrected chi connectivity index (χ1v) is 7.27. The van der Waals surface area contributed by atoms with Gasteiger partial charge in [-0.3, -0.25) is 9.59 Å². The van der Waals surface area contributed by atoms with Crippen molar-refractivity contribution in [2.75, 3.05) is 5.32 Å². The van der Waals surface area contributed by atoms with E-state index in [2.05, 4.69) is 15.8 Å². The van der Waals surface area contributed by atoms with E-state index in [1.54, 1.807) is 12.1 Å². The van der Waals surface area contributed by atoms with Gasteiger partial charge in [-0.15, -0.1) is 0 Å². The number of nitrogens with one attached hydrogen (secondary N) is 2. The Morgan fingerprint density at radius 2 is 1.96 bits per heavy atom. The predicted molar refractivity (Wildman–Crippen MR) is 88.2 cm³/mol. The molecule has 0 atom stereocenters. The molecular formula is C17H19N3O3. The SMILES string of the molecule is Cc1ccc(C)c(NC(=O)CCC(=O)NN=Cc2ccco2)c1. The lowest BCUT2D eigenvalue weighted by molar-refractivity contribution is -0.124. The zero-order valence-corrected chi connectivity index (χ0v) is 13.1. The molecule has 0 spiro atoms. The summed E-state index contributed by atoms with van der Waals surface area (Å²) in [5.74, 6) is 0.00532. The summed E-state index contributed by atoms with van der Waals surface area (Å²) >= 11 is 0. The van der Waals surface area contributed by atoms with Gasteiger partial charge in [0.05, 0.1) is 12.5 Å². The minimum Gasteiger partial charge on any atom is -0.463 e. The van der Waals surface area contributed by atoms with Crippen LogP contribution < -0.4 is 10.7 Å². The molecule has 0 saturated carbocycles. The summed E-state index contributed by atoms with van der Waals surface area (Å²) in [6.45, 7) is 3.88. The van der Waals surface area contributed by atoms with Crippen molar-refractivity contribution in [3.63, 3.8) is 0 Å². The molecule has 0 unspecified atom stereocenters. The molecule has 0 bridgehead atoms. The third kappa shape index (κ3) is 5.43. The van der Waals surface area contributed by atoms with E-state index in [4.69, 9.17) is 4.42 Å². The van der Waals surface area contributed by atoms with Gasteiger partial charge in [-0.25, -0.2) is 5.43 Å². The number of aryl methyl sites for hydroxylation is 2. The van der Waals surface area contributed by atoms with Crippen LogP contribution in [0.5, 0.6) is 0 Å². The highest BCUT2D eigenvalue weighted by Crippen LogP contribution is 2.16. The molecule has 2 aromatic rings. The van der Waals surface area contributed by atoms with Crippen LogP contribution in [-0.4, -0.2) is 18.0 Å². The lowest BCUT2D eigenvalue weighted by Crippen LogP contribution is -2.20. The fourth-order valence-electron chi connectivity index (χ4n) is 1.90. The van der Waals surface area contributed by atoms with E-state index >= 15 is 0 Å². The van der Waals surface area contributed by atoms with Crippen molar-refractivity contribution in [1.82, 2.24) is 5.43 Å². The van der Waals surface area contributed by atoms with Crippen LogP contribution in [0.3, 0.4) is 0 Å². The summed E-state index contributed by atoms with van der Waals surface area (Å²) in [7, 11) is 0. The average molecular weight is 313 g/mol. The first kappa shape index (κ1) is 16.5. The van der Waals surface area contributed by atoms with Gasteiger partial charge in [-0.1, -0.05) is 12.1 Å². The van der Waals surface area contributed by atoms with Crippen molar-refractivity contribution in [3.05, 3.63) is 53.5 Å². The smallest absolute Gasteiger partial charge is 0.240 e. The molecule has 6 heteroatoms. The van der Waals surface area contributed by atoms with Gasteiger partial charge in [0.15, 0.2) is 0 Å². The second-order valence-electron chi connectivity index (χ2n) is 5.18. The zero-order chi connectivity index (χ0) is 16.7. The summed E-state index contributed by atoms with van der Waals surface area (Å²) in [4.78, 5) is 23.5. The Morgan fingerprint density at radius 1 is 1.17 bits per heavy atom. The topological polar surface area (TPSA) is 83.7 Å². The molecule has 0 aliphatic carbocycles. The zero-order valence-electron chi connectivity index (χ0n) is 13.1. The molecule has 120 valence electrons. The summed E-state index contributed by atoms with van der Waals surface area (Å²) in [6, 6.07) is 9.27. The Morgan fingerprint density at radius 3 is 2.70 bits per heavy atom. The second kappa shape index (κ2) is 7.93. The number of benzene rings is 1. The third-order valence-electron chi connectivity index (χ3n) is 3.17. The van der Waals surface area contributed by atoms with Crippen LogP contribution in [0.25, 0.3) is 0 Å². The van der Waals surface area contributed by atoms with Gasteiger partial charge in [0.1, 0.15) is 5.76 Å². The van der Waals surface area contributed by atoms with Crippen LogP contribution in [0.4, 0.5) is 5.69 Å². The van der Waals surface area contributed by atoms with Crippen LogP contribution in [0, 0.1) is 13.8 Å². The van der Waals surface area contributed by atoms with Crippen molar-refractivity contribution in [2.45, 2.75) is 26.7 Å². The number of rotatable bonds is 6. The highest BCUT2D eigenvalue weighted by atomic mass is 16.3. The predicted octanol–water partition coefficient (Wildman–Crippen LogP) is 2.77. The minimum absolute atomic E-state index is 0.0617. The maximum absolute atomic E-state index is 11.9. The van der Waals surface area contributed by atoms with E-state index in [1.165, 1.54) is 12.5 Å². The Bertz CT molecular complexity index is 706. The van der Waals surface area contributed by atoms with Gasteiger partial charge < -0.3 is 9.73 Å². The van der Waals surface area contributed by atoms with Crippen LogP contribution in [-0.2, 0) is 9.59 Å². The number of hydrogen-bond donors (Lipinski definition) is 2. The lowest BCUT2D eigenvalue weighted by Gasteiger charge is -2.09. The summed E-state index contributed by atoms with van der Waals surface area (Å²) in [6.07, 6.45) is 3.07. The Balaban J connectivity index is 1.75. The summed E-state index contributed by atoms with van der Waals surface area (Å²) in [5.41, 5.74) is 5.17. The Kier molecular flexibility index (Phi) is 5.68. The maximum atomic E-state index is 11.9. The van der Waals surface area contributed by atoms with Crippen molar-refractivity contribution in [3.8, 4) is 0 Å². The number of carbonyl (C=O) groups is 2. The number of anilines is 1. The van der Waals surface area contributed by atoms with Crippen LogP contribution in [0.15, 0.2) is 46.1 Å². The van der Waals surface area contributed by atoms with Gasteiger partial charge in [0, 0.05) is 18.5 Å². The van der Waals surface area contributed by atoms with E-state index in [0.717, 1.165) is 16.8 Å². The molecule has 0 aliphatic heterocycles. The van der Waals surface area contributed by atoms with Crippen LogP contribution >= 0.6 is 0 Å². The van der Waals surface area contributed by atoms with Crippen LogP contribution in [0.2, 0.25) is 0 Å². The molecule has 2 amide bonds. The number of hydrazone groups is 1. The number of hydrogen-bond acceptors (Lipinski definition) is 4. The van der Waals surface area contributed by atoms with Crippen molar-refractivity contribution >= 4 is 23.7 Å². The number of amides is 2. The van der Waals surface area contributed by atoms with E-state index in [-0.39, 0.29) is 24.7 Å². The van der Waals surface area contributed by atoms with Gasteiger partial charge in [0.25, 0.3) is 0 Å². The summed E-state index contributed by atoms with van der Waals surface area (Å²) < 4.78 is 5.04. The van der Waals surface area contributed by atoms with Crippen molar-refractivity contribution in [2.24, 2.45) is 5.10 Å². The fraction of sp³-hybridized carbons (Fsp3) is 0.235. The monoisotopic (exact) mass is 313 g/mol. The third-order valence-corrected chi connectivity index (χ3v) is 3.17. The molecule has 0 saturated heterocycles. The summed E-state index contributed by atoms with van der Waals surface area (Å²) in [5, 5.41) is 6.56. The Labute approximate surface area is 134 Å². The van der Waals surface area contributed by atoms with E-state index in [9.17, 15) is 9.59 Å².